The summed E-state index contributed by atoms with van der Waals surface area (Å²) in [6.45, 7) is 2.57. The van der Waals surface area contributed by atoms with Gasteiger partial charge >= 0.3 is 29.6 Å². The normalized spacial score (nSPS) is 13.1. The number of aliphatic carboxylic acids is 1. The molecule has 0 radical (unpaired) electrons. The Morgan fingerprint density at radius 2 is 1.72 bits per heavy atom. The molecule has 0 bridgehead atoms. The van der Waals surface area contributed by atoms with Crippen LogP contribution in [-0.2, 0) is 4.79 Å². The summed E-state index contributed by atoms with van der Waals surface area (Å²) in [4.78, 5) is 10.3. The van der Waals surface area contributed by atoms with E-state index in [9.17, 15) is 9.90 Å². The molecule has 0 aromatic rings. The molecule has 4 N–H and O–H groups in total. The van der Waals surface area contributed by atoms with Crippen molar-refractivity contribution in [3.8, 4) is 0 Å². The molecule has 0 amide bonds. The molecule has 0 aliphatic rings. The van der Waals surface area contributed by atoms with Crippen molar-refractivity contribution in [1.29, 1.82) is 0 Å². The van der Waals surface area contributed by atoms with Crippen LogP contribution >= 0.6 is 0 Å². The molecule has 0 heterocycles. The summed E-state index contributed by atoms with van der Waals surface area (Å²) in [5.74, 6) is -1.38. The van der Waals surface area contributed by atoms with Gasteiger partial charge in [0.15, 0.2) is 0 Å². The molecule has 7 heteroatoms. The van der Waals surface area contributed by atoms with E-state index in [0.29, 0.717) is 0 Å². The minimum atomic E-state index is -1.64. The first-order chi connectivity index (χ1) is 7.81. The Kier molecular flexibility index (Phi) is 17.9. The van der Waals surface area contributed by atoms with Crippen molar-refractivity contribution >= 4 is 5.97 Å². The van der Waals surface area contributed by atoms with Gasteiger partial charge in [0.2, 0.25) is 0 Å². The summed E-state index contributed by atoms with van der Waals surface area (Å²) >= 11 is 0. The average molecular weight is 274 g/mol. The summed E-state index contributed by atoms with van der Waals surface area (Å²) in [5.41, 5.74) is -1.64. The minimum absolute atomic E-state index is 0. The largest absolute Gasteiger partial charge is 1.00 e. The number of aliphatic hydroxyl groups is 4. The number of carbonyl (C=O) groups is 1. The zero-order valence-electron chi connectivity index (χ0n) is 11.4. The van der Waals surface area contributed by atoms with Crippen LogP contribution in [0.5, 0.6) is 0 Å². The molecule has 1 atom stereocenters. The number of carboxylic acid groups (broad SMARTS) is 1. The first-order valence-electron chi connectivity index (χ1n) is 5.65. The molecule has 0 saturated heterocycles. The molecule has 0 aromatic heterocycles. The van der Waals surface area contributed by atoms with Gasteiger partial charge in [-0.15, -0.1) is 0 Å². The fraction of sp³-hybridized carbons (Fsp3) is 0.909. The van der Waals surface area contributed by atoms with E-state index in [1.54, 1.807) is 0 Å². The van der Waals surface area contributed by atoms with Gasteiger partial charge in [0.1, 0.15) is 11.7 Å². The SMILES string of the molecule is CCCCCC(C)(O)C(=O)[O-].OCC(O)CO.[Na+]. The van der Waals surface area contributed by atoms with E-state index < -0.39 is 17.7 Å². The standard InChI is InChI=1S/C8H16O3.C3H8O3.Na/c1-3-4-5-6-8(2,11)7(9)10;4-1-3(6)2-5;/h11H,3-6H2,1-2H3,(H,9,10);3-6H,1-2H2;/q;;+1/p-1. The van der Waals surface area contributed by atoms with Gasteiger partial charge in [-0.1, -0.05) is 26.2 Å². The van der Waals surface area contributed by atoms with Crippen LogP contribution in [0, 0.1) is 0 Å². The van der Waals surface area contributed by atoms with Crippen LogP contribution in [0.2, 0.25) is 0 Å². The number of carbonyl (C=O) groups excluding carboxylic acids is 1. The van der Waals surface area contributed by atoms with Gasteiger partial charge in [-0.25, -0.2) is 0 Å². The Labute approximate surface area is 130 Å². The van der Waals surface area contributed by atoms with Crippen molar-refractivity contribution in [2.75, 3.05) is 13.2 Å². The average Bonchev–Trinajstić information content (AvgIpc) is 2.28. The van der Waals surface area contributed by atoms with Gasteiger partial charge in [-0.2, -0.15) is 0 Å². The van der Waals surface area contributed by atoms with Gasteiger partial charge in [-0.3, -0.25) is 0 Å². The second-order valence-electron chi connectivity index (χ2n) is 4.04. The van der Waals surface area contributed by atoms with Crippen LogP contribution in [0.15, 0.2) is 0 Å². The first-order valence-corrected chi connectivity index (χ1v) is 5.65. The summed E-state index contributed by atoms with van der Waals surface area (Å²) in [6.07, 6.45) is 2.03. The van der Waals surface area contributed by atoms with Gasteiger partial charge in [0.25, 0.3) is 0 Å². The fourth-order valence-corrected chi connectivity index (χ4v) is 0.879. The Morgan fingerprint density at radius 1 is 1.28 bits per heavy atom. The summed E-state index contributed by atoms with van der Waals surface area (Å²) in [6, 6.07) is 0. The molecule has 0 aliphatic heterocycles. The van der Waals surface area contributed by atoms with E-state index in [-0.39, 0.29) is 49.2 Å². The first kappa shape index (κ1) is 23.4. The second kappa shape index (κ2) is 13.7. The Balaban J connectivity index is -0.000000277. The van der Waals surface area contributed by atoms with Crippen LogP contribution in [0.1, 0.15) is 39.5 Å². The number of aliphatic hydroxyl groups excluding tert-OH is 3. The zero-order valence-corrected chi connectivity index (χ0v) is 13.4. The Bertz CT molecular complexity index is 194. The maximum Gasteiger partial charge on any atom is 1.00 e. The zero-order chi connectivity index (χ0) is 13.9. The van der Waals surface area contributed by atoms with Crippen LogP contribution < -0.4 is 34.7 Å². The number of carboxylic acids is 1. The van der Waals surface area contributed by atoms with Crippen molar-refractivity contribution in [2.24, 2.45) is 0 Å². The predicted octanol–water partition coefficient (Wildman–Crippen LogP) is -4.60. The van der Waals surface area contributed by atoms with Crippen LogP contribution in [-0.4, -0.2) is 51.3 Å². The fourth-order valence-electron chi connectivity index (χ4n) is 0.879. The molecule has 0 aromatic carbocycles. The van der Waals surface area contributed by atoms with E-state index in [0.717, 1.165) is 19.3 Å². The molecule has 1 unspecified atom stereocenters. The quantitative estimate of drug-likeness (QED) is 0.274. The molecule has 18 heavy (non-hydrogen) atoms. The number of rotatable bonds is 7. The van der Waals surface area contributed by atoms with E-state index in [4.69, 9.17) is 20.4 Å². The van der Waals surface area contributed by atoms with E-state index in [2.05, 4.69) is 0 Å². The molecule has 0 rings (SSSR count). The van der Waals surface area contributed by atoms with Crippen LogP contribution in [0.4, 0.5) is 0 Å². The van der Waals surface area contributed by atoms with E-state index in [1.165, 1.54) is 6.92 Å². The number of unbranched alkanes of at least 4 members (excludes halogenated alkanes) is 2. The van der Waals surface area contributed by atoms with E-state index in [1.807, 2.05) is 6.92 Å². The third kappa shape index (κ3) is 14.4. The van der Waals surface area contributed by atoms with Crippen LogP contribution in [0.25, 0.3) is 0 Å². The topological polar surface area (TPSA) is 121 Å². The summed E-state index contributed by atoms with van der Waals surface area (Å²) < 4.78 is 0. The van der Waals surface area contributed by atoms with Crippen molar-refractivity contribution in [3.63, 3.8) is 0 Å². The number of hydrogen-bond acceptors (Lipinski definition) is 6. The summed E-state index contributed by atoms with van der Waals surface area (Å²) in [7, 11) is 0. The predicted molar refractivity (Wildman–Crippen MR) is 60.0 cm³/mol. The van der Waals surface area contributed by atoms with Gasteiger partial charge in [0.05, 0.1) is 19.2 Å². The monoisotopic (exact) mass is 274 g/mol. The van der Waals surface area contributed by atoms with Crippen molar-refractivity contribution in [3.05, 3.63) is 0 Å². The van der Waals surface area contributed by atoms with E-state index >= 15 is 0 Å². The van der Waals surface area contributed by atoms with Crippen molar-refractivity contribution in [1.82, 2.24) is 0 Å². The van der Waals surface area contributed by atoms with Crippen molar-refractivity contribution in [2.45, 2.75) is 51.2 Å². The Hall–Kier alpha value is 0.310. The molecule has 0 saturated carbocycles. The molecular weight excluding hydrogens is 251 g/mol. The third-order valence-corrected chi connectivity index (χ3v) is 2.13. The van der Waals surface area contributed by atoms with Gasteiger partial charge < -0.3 is 30.3 Å². The molecule has 104 valence electrons. The second-order valence-corrected chi connectivity index (χ2v) is 4.04. The molecular formula is C11H23NaO6. The maximum atomic E-state index is 10.3. The molecule has 6 nitrogen and oxygen atoms in total. The van der Waals surface area contributed by atoms with Crippen LogP contribution in [0.3, 0.4) is 0 Å². The molecule has 0 aliphatic carbocycles. The summed E-state index contributed by atoms with van der Waals surface area (Å²) in [5, 5.41) is 43.4. The van der Waals surface area contributed by atoms with Crippen molar-refractivity contribution < 1.29 is 59.9 Å². The maximum absolute atomic E-state index is 10.3. The minimum Gasteiger partial charge on any atom is -0.547 e. The smallest absolute Gasteiger partial charge is 0.547 e. The molecule has 0 fully saturated rings. The Morgan fingerprint density at radius 3 is 1.94 bits per heavy atom. The van der Waals surface area contributed by atoms with Gasteiger partial charge in [-0.05, 0) is 13.3 Å². The third-order valence-electron chi connectivity index (χ3n) is 2.13. The molecule has 0 spiro atoms. The number of hydrogen-bond donors (Lipinski definition) is 4. The van der Waals surface area contributed by atoms with Gasteiger partial charge in [0, 0.05) is 0 Å².